The van der Waals surface area contributed by atoms with Crippen LogP contribution >= 0.6 is 11.6 Å². The zero-order valence-corrected chi connectivity index (χ0v) is 16.6. The summed E-state index contributed by atoms with van der Waals surface area (Å²) in [5.41, 5.74) is 0.589. The van der Waals surface area contributed by atoms with Gasteiger partial charge in [0.2, 0.25) is 5.75 Å². The highest BCUT2D eigenvalue weighted by Gasteiger charge is 2.24. The molecular weight excluding hydrogens is 400 g/mol. The fourth-order valence-electron chi connectivity index (χ4n) is 2.45. The topological polar surface area (TPSA) is 116 Å². The lowest BCUT2D eigenvalue weighted by Gasteiger charge is -2.14. The lowest BCUT2D eigenvalue weighted by Crippen LogP contribution is -2.29. The Bertz CT molecular complexity index is 1040. The Hall–Kier alpha value is -3.46. The number of aromatic nitrogens is 3. The van der Waals surface area contributed by atoms with Crippen molar-refractivity contribution in [3.8, 4) is 23.0 Å². The molecule has 0 radical (unpaired) electrons. The van der Waals surface area contributed by atoms with Gasteiger partial charge in [0, 0.05) is 29.8 Å². The molecule has 2 heterocycles. The van der Waals surface area contributed by atoms with E-state index in [9.17, 15) is 9.59 Å². The summed E-state index contributed by atoms with van der Waals surface area (Å²) in [6, 6.07) is 7.78. The highest BCUT2D eigenvalue weighted by molar-refractivity contribution is 6.30. The maximum atomic E-state index is 12.7. The Morgan fingerprint density at radius 1 is 1.21 bits per heavy atom. The third-order valence-corrected chi connectivity index (χ3v) is 4.07. The van der Waals surface area contributed by atoms with Crippen molar-refractivity contribution in [2.24, 2.45) is 0 Å². The molecule has 0 aliphatic carbocycles. The summed E-state index contributed by atoms with van der Waals surface area (Å²) in [6.07, 6.45) is 1.37. The second-order valence-electron chi connectivity index (χ2n) is 5.94. The maximum Gasteiger partial charge on any atom is 0.308 e. The summed E-state index contributed by atoms with van der Waals surface area (Å²) < 4.78 is 15.5. The molecule has 0 aliphatic heterocycles. The average molecular weight is 417 g/mol. The van der Waals surface area contributed by atoms with Gasteiger partial charge < -0.3 is 19.3 Å². The van der Waals surface area contributed by atoms with Crippen molar-refractivity contribution in [3.05, 3.63) is 53.1 Å². The third-order valence-electron chi connectivity index (χ3n) is 3.82. The smallest absolute Gasteiger partial charge is 0.308 e. The molecule has 0 saturated heterocycles. The largest absolute Gasteiger partial charge is 0.493 e. The number of nitrogens with one attached hydrogen (secondary N) is 1. The Labute approximate surface area is 171 Å². The fourth-order valence-corrected chi connectivity index (χ4v) is 2.57. The van der Waals surface area contributed by atoms with Crippen LogP contribution in [0.15, 0.2) is 41.1 Å². The van der Waals surface area contributed by atoms with E-state index in [1.165, 1.54) is 26.3 Å². The lowest BCUT2D eigenvalue weighted by atomic mass is 10.2. The van der Waals surface area contributed by atoms with Gasteiger partial charge >= 0.3 is 5.97 Å². The van der Waals surface area contributed by atoms with Gasteiger partial charge in [-0.25, -0.2) is 4.98 Å². The number of ether oxygens (including phenoxy) is 2. The Morgan fingerprint density at radius 2 is 1.93 bits per heavy atom. The number of carbonyl (C=O) groups excluding carboxylic acids is 2. The van der Waals surface area contributed by atoms with Crippen LogP contribution in [0, 0.1) is 0 Å². The van der Waals surface area contributed by atoms with Crippen molar-refractivity contribution in [1.29, 1.82) is 0 Å². The second-order valence-corrected chi connectivity index (χ2v) is 6.38. The first-order valence-corrected chi connectivity index (χ1v) is 8.88. The number of hydrogen-bond acceptors (Lipinski definition) is 8. The van der Waals surface area contributed by atoms with E-state index in [0.717, 1.165) is 0 Å². The second kappa shape index (κ2) is 8.70. The van der Waals surface area contributed by atoms with Crippen molar-refractivity contribution < 1.29 is 23.6 Å². The Kier molecular flexibility index (Phi) is 6.08. The molecule has 150 valence electrons. The van der Waals surface area contributed by atoms with Gasteiger partial charge in [0.1, 0.15) is 0 Å². The first-order valence-electron chi connectivity index (χ1n) is 8.51. The summed E-state index contributed by atoms with van der Waals surface area (Å²) in [6.45, 7) is 2.90. The number of carbonyl (C=O) groups is 2. The fraction of sp³-hybridized carbons (Fsp3) is 0.211. The summed E-state index contributed by atoms with van der Waals surface area (Å²) in [5.74, 6) is -0.507. The van der Waals surface area contributed by atoms with Crippen LogP contribution in [0.25, 0.3) is 11.5 Å². The van der Waals surface area contributed by atoms with Crippen molar-refractivity contribution in [1.82, 2.24) is 20.4 Å². The molecular formula is C19H17ClN4O5. The molecule has 0 unspecified atom stereocenters. The first-order chi connectivity index (χ1) is 13.9. The van der Waals surface area contributed by atoms with E-state index in [-0.39, 0.29) is 28.9 Å². The number of esters is 1. The minimum atomic E-state index is -0.607. The van der Waals surface area contributed by atoms with Gasteiger partial charge in [0.05, 0.1) is 13.2 Å². The van der Waals surface area contributed by atoms with E-state index in [2.05, 4.69) is 20.4 Å². The van der Waals surface area contributed by atoms with Gasteiger partial charge in [-0.1, -0.05) is 16.8 Å². The molecule has 0 fully saturated rings. The minimum absolute atomic E-state index is 0.0674. The van der Waals surface area contributed by atoms with Crippen molar-refractivity contribution in [3.63, 3.8) is 0 Å². The van der Waals surface area contributed by atoms with Gasteiger partial charge in [-0.05, 0) is 31.2 Å². The average Bonchev–Trinajstić information content (AvgIpc) is 3.18. The van der Waals surface area contributed by atoms with Gasteiger partial charge in [-0.2, -0.15) is 4.98 Å². The molecule has 0 aliphatic rings. The molecule has 1 aromatic carbocycles. The Balaban J connectivity index is 1.79. The van der Waals surface area contributed by atoms with E-state index in [1.807, 2.05) is 0 Å². The monoisotopic (exact) mass is 416 g/mol. The number of hydrogen-bond donors (Lipinski definition) is 1. The van der Waals surface area contributed by atoms with E-state index >= 15 is 0 Å². The molecule has 10 heteroatoms. The van der Waals surface area contributed by atoms with E-state index < -0.39 is 17.9 Å². The lowest BCUT2D eigenvalue weighted by molar-refractivity contribution is -0.132. The number of rotatable bonds is 6. The molecule has 29 heavy (non-hydrogen) atoms. The molecule has 1 atom stereocenters. The highest BCUT2D eigenvalue weighted by atomic mass is 35.5. The van der Waals surface area contributed by atoms with Crippen LogP contribution in [0.4, 0.5) is 0 Å². The van der Waals surface area contributed by atoms with E-state index in [0.29, 0.717) is 10.6 Å². The van der Waals surface area contributed by atoms with Crippen molar-refractivity contribution in [2.75, 3.05) is 7.11 Å². The molecule has 9 nitrogen and oxygen atoms in total. The van der Waals surface area contributed by atoms with E-state index in [4.69, 9.17) is 25.6 Å². The molecule has 3 aromatic rings. The van der Waals surface area contributed by atoms with Crippen LogP contribution in [0.2, 0.25) is 5.02 Å². The molecule has 1 amide bonds. The highest BCUT2D eigenvalue weighted by Crippen LogP contribution is 2.30. The van der Waals surface area contributed by atoms with Gasteiger partial charge in [0.25, 0.3) is 11.8 Å². The van der Waals surface area contributed by atoms with Crippen LogP contribution in [-0.2, 0) is 4.79 Å². The van der Waals surface area contributed by atoms with Crippen molar-refractivity contribution >= 4 is 23.5 Å². The number of pyridine rings is 1. The predicted octanol–water partition coefficient (Wildman–Crippen LogP) is 3.21. The summed E-state index contributed by atoms with van der Waals surface area (Å²) in [7, 11) is 1.39. The number of benzene rings is 1. The zero-order valence-electron chi connectivity index (χ0n) is 15.8. The maximum absolute atomic E-state index is 12.7. The number of nitrogens with zero attached hydrogens (tertiary/aromatic N) is 3. The summed E-state index contributed by atoms with van der Waals surface area (Å²) in [4.78, 5) is 32.4. The van der Waals surface area contributed by atoms with Crippen molar-refractivity contribution in [2.45, 2.75) is 19.9 Å². The number of amides is 1. The molecule has 0 bridgehead atoms. The molecule has 0 saturated carbocycles. The molecule has 1 N–H and O–H groups in total. The van der Waals surface area contributed by atoms with E-state index in [1.54, 1.807) is 31.2 Å². The first kappa shape index (κ1) is 20.3. The molecule has 2 aromatic heterocycles. The summed E-state index contributed by atoms with van der Waals surface area (Å²) in [5, 5.41) is 7.19. The molecule has 3 rings (SSSR count). The van der Waals surface area contributed by atoms with Crippen LogP contribution in [0.3, 0.4) is 0 Å². The SMILES string of the molecule is COc1ccnc(C(=O)N[C@@H](C)c2noc(-c3ccc(Cl)cc3)n2)c1OC(C)=O. The standard InChI is InChI=1S/C19H17ClN4O5/c1-10(17-23-19(29-24-17)12-4-6-13(20)7-5-12)22-18(26)15-16(28-11(2)25)14(27-3)8-9-21-15/h4-10H,1-3H3,(H,22,26)/t10-/m0/s1. The van der Waals surface area contributed by atoms with Crippen LogP contribution < -0.4 is 14.8 Å². The Morgan fingerprint density at radius 3 is 2.59 bits per heavy atom. The summed E-state index contributed by atoms with van der Waals surface area (Å²) >= 11 is 5.88. The zero-order chi connectivity index (χ0) is 21.0. The van der Waals surface area contributed by atoms with Crippen LogP contribution in [-0.4, -0.2) is 34.1 Å². The molecule has 0 spiro atoms. The normalized spacial score (nSPS) is 11.6. The number of halogens is 1. The third kappa shape index (κ3) is 4.69. The van der Waals surface area contributed by atoms with Gasteiger partial charge in [-0.15, -0.1) is 0 Å². The van der Waals surface area contributed by atoms with Gasteiger partial charge in [-0.3, -0.25) is 9.59 Å². The van der Waals surface area contributed by atoms with Gasteiger partial charge in [0.15, 0.2) is 17.3 Å². The predicted molar refractivity (Wildman–Crippen MR) is 103 cm³/mol. The number of methoxy groups -OCH3 is 1. The minimum Gasteiger partial charge on any atom is -0.493 e. The van der Waals surface area contributed by atoms with Crippen LogP contribution in [0.5, 0.6) is 11.5 Å². The van der Waals surface area contributed by atoms with Crippen LogP contribution in [0.1, 0.15) is 36.2 Å². The quantitative estimate of drug-likeness (QED) is 0.609.